The number of aromatic amines is 1. The lowest BCUT2D eigenvalue weighted by atomic mass is 9.53. The maximum absolute atomic E-state index is 14.2. The summed E-state index contributed by atoms with van der Waals surface area (Å²) in [6, 6.07) is 4.69. The Balaban J connectivity index is 1.59. The molecule has 9 nitrogen and oxygen atoms in total. The first-order chi connectivity index (χ1) is 17.2. The van der Waals surface area contributed by atoms with Crippen molar-refractivity contribution in [1.29, 1.82) is 0 Å². The predicted octanol–water partition coefficient (Wildman–Crippen LogP) is 5.08. The summed E-state index contributed by atoms with van der Waals surface area (Å²) < 4.78 is 28.2. The van der Waals surface area contributed by atoms with Crippen molar-refractivity contribution in [3.63, 3.8) is 0 Å². The van der Waals surface area contributed by atoms with Crippen LogP contribution in [0, 0.1) is 33.6 Å². The highest BCUT2D eigenvalue weighted by Gasteiger charge is 2.50. The van der Waals surface area contributed by atoms with Crippen molar-refractivity contribution < 1.29 is 23.6 Å². The van der Waals surface area contributed by atoms with Gasteiger partial charge >= 0.3 is 5.97 Å². The normalized spacial score (nSPS) is 23.4. The van der Waals surface area contributed by atoms with Crippen molar-refractivity contribution in [2.24, 2.45) is 11.8 Å². The van der Waals surface area contributed by atoms with Crippen molar-refractivity contribution in [2.45, 2.75) is 37.5 Å². The molecule has 3 aliphatic rings. The average Bonchev–Trinajstić information content (AvgIpc) is 3.28. The van der Waals surface area contributed by atoms with Crippen molar-refractivity contribution >= 4 is 39.3 Å². The van der Waals surface area contributed by atoms with E-state index in [0.29, 0.717) is 48.6 Å². The van der Waals surface area contributed by atoms with E-state index >= 15 is 0 Å². The Labute approximate surface area is 202 Å². The molecule has 0 aliphatic heterocycles. The lowest BCUT2D eigenvalue weighted by molar-refractivity contribution is -0.384. The van der Waals surface area contributed by atoms with Gasteiger partial charge in [0.1, 0.15) is 17.5 Å². The first-order valence-corrected chi connectivity index (χ1v) is 11.6. The number of anilines is 1. The molecule has 11 heteroatoms. The second-order valence-electron chi connectivity index (χ2n) is 9.86. The smallest absolute Gasteiger partial charge is 0.306 e. The van der Waals surface area contributed by atoms with Crippen molar-refractivity contribution in [3.05, 3.63) is 57.8 Å². The molecule has 36 heavy (non-hydrogen) atoms. The quantitative estimate of drug-likeness (QED) is 0.265. The summed E-state index contributed by atoms with van der Waals surface area (Å²) >= 11 is 0. The Hall–Kier alpha value is -4.15. The average molecular weight is 493 g/mol. The molecule has 0 radical (unpaired) electrons. The lowest BCUT2D eigenvalue weighted by Crippen LogP contribution is -2.45. The molecule has 0 unspecified atom stereocenters. The number of carbonyl (C=O) groups is 1. The summed E-state index contributed by atoms with van der Waals surface area (Å²) in [4.78, 5) is 35.0. The Kier molecular flexibility index (Phi) is 4.76. The number of fused-ring (bicyclic) bond motifs is 5. The topological polar surface area (TPSA) is 148 Å². The van der Waals surface area contributed by atoms with Crippen LogP contribution in [0.2, 0.25) is 0 Å². The van der Waals surface area contributed by atoms with Gasteiger partial charge in [0.05, 0.1) is 21.9 Å². The van der Waals surface area contributed by atoms with Crippen LogP contribution in [0.3, 0.4) is 0 Å². The van der Waals surface area contributed by atoms with Gasteiger partial charge in [-0.1, -0.05) is 0 Å². The summed E-state index contributed by atoms with van der Waals surface area (Å²) in [5, 5.41) is 22.3. The third kappa shape index (κ3) is 3.22. The molecule has 0 spiro atoms. The zero-order valence-corrected chi connectivity index (χ0v) is 18.9. The van der Waals surface area contributed by atoms with Gasteiger partial charge in [0.2, 0.25) is 0 Å². The number of rotatable bonds is 4. The number of nitrogens with two attached hydrogens (primary N) is 1. The van der Waals surface area contributed by atoms with Crippen LogP contribution in [0.15, 0.2) is 30.5 Å². The van der Waals surface area contributed by atoms with E-state index in [4.69, 9.17) is 5.73 Å². The Morgan fingerprint density at radius 2 is 1.94 bits per heavy atom. The molecule has 2 aromatic carbocycles. The standard InChI is InChI=1S/C25H21F2N5O4/c26-12-5-14-16(10-29-21(14)18(27)6-12)23-30-19-8-13(32(35)36)7-17(20(19)22(28)31-23)25-3-1-11(2-4-25)15(9-25)24(33)34/h5-8,10-11,15,29H,1-4,9H2,(H,33,34)(H2,28,30,31)/t11?,15-,25?/m0/s1. The number of nitrogens with one attached hydrogen (secondary N) is 1. The van der Waals surface area contributed by atoms with Crippen LogP contribution < -0.4 is 5.73 Å². The van der Waals surface area contributed by atoms with Gasteiger partial charge < -0.3 is 15.8 Å². The number of nitro groups is 1. The molecule has 7 rings (SSSR count). The number of non-ortho nitro benzene ring substituents is 1. The molecule has 0 amide bonds. The molecule has 184 valence electrons. The van der Waals surface area contributed by atoms with E-state index in [1.807, 2.05) is 0 Å². The summed E-state index contributed by atoms with van der Waals surface area (Å²) in [5.41, 5.74) is 6.84. The zero-order valence-electron chi connectivity index (χ0n) is 18.9. The number of hydrogen-bond acceptors (Lipinski definition) is 6. The minimum Gasteiger partial charge on any atom is -0.481 e. The third-order valence-corrected chi connectivity index (χ3v) is 8.02. The van der Waals surface area contributed by atoms with Gasteiger partial charge in [-0.25, -0.2) is 18.7 Å². The van der Waals surface area contributed by atoms with Crippen LogP contribution in [0.25, 0.3) is 33.2 Å². The number of aromatic nitrogens is 3. The van der Waals surface area contributed by atoms with Gasteiger partial charge in [0.25, 0.3) is 5.69 Å². The number of nitrogen functional groups attached to an aromatic ring is 1. The van der Waals surface area contributed by atoms with E-state index in [-0.39, 0.29) is 39.7 Å². The molecule has 4 N–H and O–H groups in total. The second kappa shape index (κ2) is 7.67. The van der Waals surface area contributed by atoms with Gasteiger partial charge in [0.15, 0.2) is 5.82 Å². The molecular weight excluding hydrogens is 472 g/mol. The van der Waals surface area contributed by atoms with Gasteiger partial charge in [-0.2, -0.15) is 0 Å². The number of nitro benzene ring substituents is 1. The van der Waals surface area contributed by atoms with E-state index in [2.05, 4.69) is 15.0 Å². The van der Waals surface area contributed by atoms with Crippen molar-refractivity contribution in [1.82, 2.24) is 15.0 Å². The number of hydrogen-bond donors (Lipinski definition) is 3. The monoisotopic (exact) mass is 493 g/mol. The number of halogens is 2. The van der Waals surface area contributed by atoms with Crippen molar-refractivity contribution in [3.8, 4) is 11.4 Å². The maximum Gasteiger partial charge on any atom is 0.306 e. The molecule has 3 aliphatic carbocycles. The first kappa shape index (κ1) is 22.3. The fourth-order valence-corrected chi connectivity index (χ4v) is 6.32. The molecule has 4 aromatic rings. The Morgan fingerprint density at radius 3 is 2.64 bits per heavy atom. The zero-order chi connectivity index (χ0) is 25.4. The highest BCUT2D eigenvalue weighted by molar-refractivity contribution is 5.98. The van der Waals surface area contributed by atoms with Crippen LogP contribution in [0.4, 0.5) is 20.3 Å². The number of H-pyrrole nitrogens is 1. The maximum atomic E-state index is 14.2. The number of nitrogens with zero attached hydrogens (tertiary/aromatic N) is 3. The molecule has 3 saturated carbocycles. The highest BCUT2D eigenvalue weighted by atomic mass is 19.1. The fourth-order valence-electron chi connectivity index (χ4n) is 6.32. The Bertz CT molecular complexity index is 1590. The minimum absolute atomic E-state index is 0.0657. The number of aliphatic carboxylic acids is 1. The minimum atomic E-state index is -0.858. The largest absolute Gasteiger partial charge is 0.481 e. The third-order valence-electron chi connectivity index (χ3n) is 8.02. The van der Waals surface area contributed by atoms with Crippen LogP contribution in [0.5, 0.6) is 0 Å². The molecule has 2 bridgehead atoms. The summed E-state index contributed by atoms with van der Waals surface area (Å²) in [6.07, 6.45) is 4.62. The van der Waals surface area contributed by atoms with E-state index in [1.165, 1.54) is 18.3 Å². The first-order valence-electron chi connectivity index (χ1n) is 11.6. The molecular formula is C25H21F2N5O4. The van der Waals surface area contributed by atoms with Crippen LogP contribution >= 0.6 is 0 Å². The number of benzene rings is 2. The summed E-state index contributed by atoms with van der Waals surface area (Å²) in [6.45, 7) is 0. The van der Waals surface area contributed by atoms with E-state index < -0.39 is 33.9 Å². The van der Waals surface area contributed by atoms with Gasteiger partial charge in [-0.15, -0.1) is 0 Å². The SMILES string of the molecule is Nc1nc(-c2c[nH]c3c(F)cc(F)cc23)nc2cc([N+](=O)[O-])cc(C34CCC(CC3)[C@@H](C(=O)O)C4)c12. The molecule has 0 saturated heterocycles. The van der Waals surface area contributed by atoms with Crippen LogP contribution in [-0.2, 0) is 10.2 Å². The van der Waals surface area contributed by atoms with Gasteiger partial charge in [-0.3, -0.25) is 14.9 Å². The Morgan fingerprint density at radius 1 is 1.19 bits per heavy atom. The van der Waals surface area contributed by atoms with Crippen LogP contribution in [-0.4, -0.2) is 31.0 Å². The number of carboxylic acid groups (broad SMARTS) is 1. The second-order valence-corrected chi connectivity index (χ2v) is 9.86. The molecule has 2 heterocycles. The predicted molar refractivity (Wildman–Crippen MR) is 127 cm³/mol. The summed E-state index contributed by atoms with van der Waals surface area (Å²) in [7, 11) is 0. The van der Waals surface area contributed by atoms with Gasteiger partial charge in [-0.05, 0) is 55.1 Å². The van der Waals surface area contributed by atoms with Crippen molar-refractivity contribution in [2.75, 3.05) is 5.73 Å². The molecule has 1 atom stereocenters. The van der Waals surface area contributed by atoms with E-state index in [0.717, 1.165) is 12.1 Å². The molecule has 2 aromatic heterocycles. The van der Waals surface area contributed by atoms with Crippen LogP contribution in [0.1, 0.15) is 37.7 Å². The fraction of sp³-hybridized carbons (Fsp3) is 0.320. The summed E-state index contributed by atoms with van der Waals surface area (Å²) in [5.74, 6) is -2.70. The highest BCUT2D eigenvalue weighted by Crippen LogP contribution is 2.56. The lowest BCUT2D eigenvalue weighted by Gasteiger charge is -2.50. The number of carboxylic acids is 1. The van der Waals surface area contributed by atoms with E-state index in [1.54, 1.807) is 0 Å². The van der Waals surface area contributed by atoms with E-state index in [9.17, 15) is 28.8 Å². The molecule has 3 fully saturated rings. The van der Waals surface area contributed by atoms with Gasteiger partial charge in [0, 0.05) is 40.7 Å².